The van der Waals surface area contributed by atoms with Crippen LogP contribution in [0.25, 0.3) is 63.9 Å². The number of carbonyl (C=O) groups is 1. The molecule has 28 heteroatoms. The summed E-state index contributed by atoms with van der Waals surface area (Å²) in [6.07, 6.45) is -0.362. The van der Waals surface area contributed by atoms with Crippen LogP contribution in [-0.2, 0) is 4.74 Å². The number of aryl methyl sites for hydroxylation is 1. The number of nitrogens with zero attached hydrogens (tertiary/aromatic N) is 1. The summed E-state index contributed by atoms with van der Waals surface area (Å²) in [6.45, 7) is 1.95. The van der Waals surface area contributed by atoms with Gasteiger partial charge in [-0.2, -0.15) is 0 Å². The van der Waals surface area contributed by atoms with Crippen molar-refractivity contribution in [1.29, 1.82) is 0 Å². The SMILES string of the molecule is Cc1cc(O)cc2c1N(C)c1cc(O)ccc1N2.O=C1OC(c2ccc(O)cc2)c2ccccc21.Oc1ccc2c(c1)Oc1ccc(O)cc1S2.Oc1ccc2c(c1)Oc1cccc(O)c1O2.Oc1ccc2c(c1)Sc1cccc(O)c1S2.Oc1ccc2c(c1)[nH]c1cc(O)ccc12.Oc1ccc2c(c1)oc1c(O)cccc12.Oc1ccc2c(c1)sc1c(O)cccc12. The number of aromatic hydroxyl groups is 15. The number of anilines is 4. The number of aromatic amines is 1. The first-order valence-electron chi connectivity index (χ1n) is 39.2. The van der Waals surface area contributed by atoms with E-state index in [0.717, 1.165) is 122 Å². The van der Waals surface area contributed by atoms with Gasteiger partial charge >= 0.3 is 5.97 Å². The van der Waals surface area contributed by atoms with Crippen molar-refractivity contribution in [3.63, 3.8) is 0 Å². The first-order valence-corrected chi connectivity index (χ1v) is 42.4. The van der Waals surface area contributed by atoms with E-state index in [0.29, 0.717) is 62.7 Å². The van der Waals surface area contributed by atoms with Gasteiger partial charge < -0.3 is 115 Å². The Hall–Kier alpha value is -16.1. The fraction of sp³-hybridized carbons (Fsp3) is 0.0300. The highest BCUT2D eigenvalue weighted by atomic mass is 32.2. The zero-order valence-corrected chi connectivity index (χ0v) is 70.4. The molecule has 0 aliphatic carbocycles. The van der Waals surface area contributed by atoms with Crippen LogP contribution in [0.1, 0.15) is 33.2 Å². The lowest BCUT2D eigenvalue weighted by Crippen LogP contribution is -2.18. The largest absolute Gasteiger partial charge is 0.508 e. The molecule has 24 rings (SSSR count). The van der Waals surface area contributed by atoms with Gasteiger partial charge in [0.05, 0.1) is 58.7 Å². The summed E-state index contributed by atoms with van der Waals surface area (Å²) >= 11 is 6.11. The summed E-state index contributed by atoms with van der Waals surface area (Å²) in [5, 5.41) is 151. The van der Waals surface area contributed by atoms with Crippen LogP contribution in [0, 0.1) is 6.92 Å². The number of thiophene rings is 1. The number of furan rings is 1. The summed E-state index contributed by atoms with van der Waals surface area (Å²) < 4.78 is 29.2. The van der Waals surface area contributed by atoms with Crippen LogP contribution in [0.5, 0.6) is 121 Å². The second kappa shape index (κ2) is 35.6. The molecule has 0 amide bonds. The third-order valence-corrected chi connectivity index (χ3v) is 25.4. The highest BCUT2D eigenvalue weighted by Crippen LogP contribution is 2.55. The van der Waals surface area contributed by atoms with Gasteiger partial charge in [0, 0.05) is 107 Å². The van der Waals surface area contributed by atoms with Crippen molar-refractivity contribution < 1.29 is 105 Å². The number of nitrogens with one attached hydrogen (secondary N) is 2. The van der Waals surface area contributed by atoms with Gasteiger partial charge in [-0.15, -0.1) is 11.3 Å². The number of ether oxygens (including phenoxy) is 4. The maximum Gasteiger partial charge on any atom is 0.339 e. The first-order chi connectivity index (χ1) is 61.8. The number of phenols is 15. The van der Waals surface area contributed by atoms with Crippen molar-refractivity contribution in [2.24, 2.45) is 0 Å². The number of cyclic esters (lactones) is 1. The van der Waals surface area contributed by atoms with Crippen LogP contribution in [0.2, 0.25) is 0 Å². The Morgan fingerprint density at radius 3 is 1.66 bits per heavy atom. The first kappa shape index (κ1) is 84.1. The van der Waals surface area contributed by atoms with E-state index in [2.05, 4.69) is 10.3 Å². The number of esters is 1. The molecule has 16 aromatic carbocycles. The van der Waals surface area contributed by atoms with E-state index in [1.54, 1.807) is 206 Å². The van der Waals surface area contributed by atoms with Gasteiger partial charge in [-0.05, 0) is 206 Å². The van der Waals surface area contributed by atoms with Crippen LogP contribution in [-0.4, -0.2) is 94.6 Å². The molecule has 0 radical (unpaired) electrons. The van der Waals surface area contributed by atoms with Crippen LogP contribution in [0.15, 0.2) is 331 Å². The average molecular weight is 1780 g/mol. The van der Waals surface area contributed by atoms with Gasteiger partial charge in [0.15, 0.2) is 40.4 Å². The van der Waals surface area contributed by atoms with Crippen LogP contribution in [0.4, 0.5) is 22.7 Å². The van der Waals surface area contributed by atoms with Crippen molar-refractivity contribution in [3.8, 4) is 121 Å². The summed E-state index contributed by atoms with van der Waals surface area (Å²) in [4.78, 5) is 22.6. The third-order valence-electron chi connectivity index (χ3n) is 20.5. The van der Waals surface area contributed by atoms with Gasteiger partial charge in [0.25, 0.3) is 0 Å². The number of phenolic OH excluding ortho intramolecular Hbond substituents is 15. The molecule has 1 unspecified atom stereocenters. The standard InChI is InChI=1S/C14H14N2O2.C14H10O3.C12H9NO2.C12H8O4.C12H8O3S.C12H8O3.C12H8O2S2.C12H8O2S/c1-8-5-10(18)6-12-14(8)16(2)13-7-9(17)3-4-11(13)15-12;15-10-7-5-9(6-8-10)13-11-3-1-2-4-12(11)14(16)17-13;14-7-1-3-9-10-4-2-8(15)6-12(10)13-11(9)5-7;13-7-4-5-9-11(6-7)15-10-3-1-2-8(14)12(10)16-9;13-7-2-4-11-10(5-7)15-9-3-1-8(14)6-12(9)16-11;13-7-4-5-8-9-2-1-3-10(14)12(9)15-11(8)6-7;13-7-4-5-9-11(6-7)15-10-3-1-2-8(14)12(10)16-9;13-7-4-5-8-9-2-1-3-10(14)12(9)15-11(8)6-7/h3-7,15,17-18H,1-2H3;1-8,13,15H;1-6,13-15H;2*1-6,13-14H;1-6,13-14H;1-6,13-14H;1-6,13-14H. The smallest absolute Gasteiger partial charge is 0.339 e. The average Bonchev–Trinajstić information content (AvgIpc) is 1.07. The number of aromatic nitrogens is 1. The molecule has 3 aromatic heterocycles. The zero-order chi connectivity index (χ0) is 89.3. The molecule has 19 aromatic rings. The monoisotopic (exact) mass is 1780 g/mol. The van der Waals surface area contributed by atoms with Crippen molar-refractivity contribution in [2.75, 3.05) is 17.3 Å². The predicted molar refractivity (Wildman–Crippen MR) is 494 cm³/mol. The Balaban J connectivity index is 0.000000103. The molecule has 8 heterocycles. The Labute approximate surface area is 744 Å². The van der Waals surface area contributed by atoms with E-state index in [1.807, 2.05) is 97.7 Å². The minimum Gasteiger partial charge on any atom is -0.508 e. The van der Waals surface area contributed by atoms with E-state index in [4.69, 9.17) is 23.4 Å². The van der Waals surface area contributed by atoms with E-state index in [-0.39, 0.29) is 86.8 Å². The zero-order valence-electron chi connectivity index (χ0n) is 67.1. The van der Waals surface area contributed by atoms with Crippen molar-refractivity contribution in [2.45, 2.75) is 42.4 Å². The molecule has 0 fully saturated rings. The van der Waals surface area contributed by atoms with Crippen LogP contribution in [0.3, 0.4) is 0 Å². The molecule has 24 nitrogen and oxygen atoms in total. The summed E-state index contributed by atoms with van der Waals surface area (Å²) in [6, 6.07) is 84.0. The number of rotatable bonds is 1. The third kappa shape index (κ3) is 17.9. The summed E-state index contributed by atoms with van der Waals surface area (Å²) in [7, 11) is 1.95. The minimum atomic E-state index is -0.362. The molecule has 1 atom stereocenters. The maximum absolute atomic E-state index is 11.6. The lowest BCUT2D eigenvalue weighted by atomic mass is 9.99. The molecule has 128 heavy (non-hydrogen) atoms. The number of para-hydroxylation sites is 2. The number of fused-ring (bicyclic) bond motifs is 18. The van der Waals surface area contributed by atoms with Crippen LogP contribution < -0.4 is 24.4 Å². The number of benzene rings is 16. The van der Waals surface area contributed by atoms with E-state index >= 15 is 0 Å². The second-order valence-electron chi connectivity index (χ2n) is 29.3. The number of hydrogen-bond acceptors (Lipinski definition) is 27. The highest BCUT2D eigenvalue weighted by molar-refractivity contribution is 8.05. The van der Waals surface area contributed by atoms with Gasteiger partial charge in [0.1, 0.15) is 91.8 Å². The maximum atomic E-state index is 11.6. The Morgan fingerprint density at radius 1 is 0.359 bits per heavy atom. The lowest BCUT2D eigenvalue weighted by molar-refractivity contribution is 0.0455. The van der Waals surface area contributed by atoms with E-state index < -0.39 is 0 Å². The lowest BCUT2D eigenvalue weighted by Gasteiger charge is -2.32. The molecule has 0 saturated carbocycles. The Kier molecular flexibility index (Phi) is 23.4. The summed E-state index contributed by atoms with van der Waals surface area (Å²) in [5.74, 6) is 5.75. The molecule has 5 aliphatic heterocycles. The fourth-order valence-electron chi connectivity index (χ4n) is 14.7. The number of carbonyl (C=O) groups excluding carboxylic acids is 1. The van der Waals surface area contributed by atoms with Gasteiger partial charge in [-0.25, -0.2) is 4.79 Å². The van der Waals surface area contributed by atoms with Crippen molar-refractivity contribution in [3.05, 3.63) is 320 Å². The van der Waals surface area contributed by atoms with E-state index in [9.17, 15) is 81.4 Å². The molecule has 17 N–H and O–H groups in total. The normalized spacial score (nSPS) is 12.8. The highest BCUT2D eigenvalue weighted by Gasteiger charge is 2.32. The Bertz CT molecular complexity index is 7200. The topological polar surface area (TPSA) is 402 Å². The number of H-pyrrole nitrogens is 1. The second-order valence-corrected chi connectivity index (χ2v) is 33.6. The molecule has 5 aliphatic rings. The van der Waals surface area contributed by atoms with Crippen LogP contribution >= 0.6 is 46.6 Å². The fourth-order valence-corrected chi connectivity index (χ4v) is 19.1. The van der Waals surface area contributed by atoms with Gasteiger partial charge in [0.2, 0.25) is 5.75 Å². The summed E-state index contributed by atoms with van der Waals surface area (Å²) in [5.41, 5.74) is 9.81. The molecular formula is C100H73N3O21S4. The number of hydrogen-bond donors (Lipinski definition) is 17. The molecular weight excluding hydrogens is 1710 g/mol. The minimum absolute atomic E-state index is 0.0243. The predicted octanol–water partition coefficient (Wildman–Crippen LogP) is 25.1. The van der Waals surface area contributed by atoms with Gasteiger partial charge in [-0.1, -0.05) is 102 Å². The molecule has 0 spiro atoms. The Morgan fingerprint density at radius 2 is 0.914 bits per heavy atom. The van der Waals surface area contributed by atoms with Gasteiger partial charge in [-0.3, -0.25) is 0 Å². The van der Waals surface area contributed by atoms with E-state index in [1.165, 1.54) is 59.1 Å². The molecule has 638 valence electrons. The molecule has 0 saturated heterocycles. The molecule has 0 bridgehead atoms. The van der Waals surface area contributed by atoms with Crippen molar-refractivity contribution in [1.82, 2.24) is 4.98 Å². The van der Waals surface area contributed by atoms with Crippen molar-refractivity contribution >= 4 is 139 Å². The quantitative estimate of drug-likeness (QED) is 0.0536.